The monoisotopic (exact) mass is 239 g/mol. The lowest BCUT2D eigenvalue weighted by Crippen LogP contribution is -2.43. The zero-order valence-electron chi connectivity index (χ0n) is 11.0. The molecule has 3 heteroatoms. The minimum Gasteiger partial charge on any atom is -0.481 e. The SMILES string of the molecule is CCCC1CCCCN1CC1(CC(=O)O)CC1. The second-order valence-corrected chi connectivity index (χ2v) is 5.98. The quantitative estimate of drug-likeness (QED) is 0.774. The van der Waals surface area contributed by atoms with E-state index >= 15 is 0 Å². The van der Waals surface area contributed by atoms with Gasteiger partial charge in [-0.25, -0.2) is 0 Å². The third-order valence-electron chi connectivity index (χ3n) is 4.39. The van der Waals surface area contributed by atoms with Crippen molar-refractivity contribution in [1.82, 2.24) is 4.90 Å². The number of aliphatic carboxylic acids is 1. The van der Waals surface area contributed by atoms with Crippen LogP contribution in [0.2, 0.25) is 0 Å². The minimum atomic E-state index is -0.619. The van der Waals surface area contributed by atoms with Crippen LogP contribution in [0.1, 0.15) is 58.3 Å². The van der Waals surface area contributed by atoms with Crippen molar-refractivity contribution in [3.05, 3.63) is 0 Å². The molecule has 1 saturated carbocycles. The van der Waals surface area contributed by atoms with Gasteiger partial charge in [0.2, 0.25) is 0 Å². The number of carbonyl (C=O) groups is 1. The van der Waals surface area contributed by atoms with Gasteiger partial charge in [0.25, 0.3) is 0 Å². The van der Waals surface area contributed by atoms with Crippen LogP contribution in [-0.4, -0.2) is 35.1 Å². The predicted octanol–water partition coefficient (Wildman–Crippen LogP) is 2.90. The van der Waals surface area contributed by atoms with Gasteiger partial charge in [0.15, 0.2) is 0 Å². The Balaban J connectivity index is 1.89. The van der Waals surface area contributed by atoms with Gasteiger partial charge in [-0.15, -0.1) is 0 Å². The molecule has 1 N–H and O–H groups in total. The topological polar surface area (TPSA) is 40.5 Å². The maximum Gasteiger partial charge on any atom is 0.303 e. The van der Waals surface area contributed by atoms with Gasteiger partial charge in [-0.1, -0.05) is 19.8 Å². The summed E-state index contributed by atoms with van der Waals surface area (Å²) in [6.45, 7) is 4.47. The van der Waals surface area contributed by atoms with Gasteiger partial charge in [-0.05, 0) is 44.1 Å². The first-order valence-electron chi connectivity index (χ1n) is 7.11. The molecule has 3 nitrogen and oxygen atoms in total. The highest BCUT2D eigenvalue weighted by Crippen LogP contribution is 2.50. The Morgan fingerprint density at radius 3 is 2.76 bits per heavy atom. The van der Waals surface area contributed by atoms with Crippen molar-refractivity contribution in [3.8, 4) is 0 Å². The fourth-order valence-electron chi connectivity index (χ4n) is 3.25. The fourth-order valence-corrected chi connectivity index (χ4v) is 3.25. The summed E-state index contributed by atoms with van der Waals surface area (Å²) >= 11 is 0. The molecular weight excluding hydrogens is 214 g/mol. The summed E-state index contributed by atoms with van der Waals surface area (Å²) in [5, 5.41) is 8.97. The molecule has 2 rings (SSSR count). The molecule has 0 amide bonds. The molecule has 1 saturated heterocycles. The molecule has 1 aliphatic carbocycles. The first kappa shape index (κ1) is 12.9. The Hall–Kier alpha value is -0.570. The number of rotatable bonds is 6. The summed E-state index contributed by atoms with van der Waals surface area (Å²) in [6.07, 6.45) is 9.11. The van der Waals surface area contributed by atoms with Crippen LogP contribution in [0.4, 0.5) is 0 Å². The van der Waals surface area contributed by atoms with Crippen LogP contribution in [0.3, 0.4) is 0 Å². The summed E-state index contributed by atoms with van der Waals surface area (Å²) in [5.74, 6) is -0.619. The van der Waals surface area contributed by atoms with Crippen molar-refractivity contribution >= 4 is 5.97 Å². The molecule has 0 aromatic carbocycles. The van der Waals surface area contributed by atoms with Crippen molar-refractivity contribution in [1.29, 1.82) is 0 Å². The van der Waals surface area contributed by atoms with Gasteiger partial charge < -0.3 is 5.11 Å². The summed E-state index contributed by atoms with van der Waals surface area (Å²) in [7, 11) is 0. The van der Waals surface area contributed by atoms with Crippen LogP contribution in [0.5, 0.6) is 0 Å². The van der Waals surface area contributed by atoms with Gasteiger partial charge in [0.1, 0.15) is 0 Å². The van der Waals surface area contributed by atoms with Crippen molar-refractivity contribution in [2.24, 2.45) is 5.41 Å². The van der Waals surface area contributed by atoms with Gasteiger partial charge in [-0.3, -0.25) is 9.69 Å². The van der Waals surface area contributed by atoms with Crippen LogP contribution < -0.4 is 0 Å². The Kier molecular flexibility index (Phi) is 4.08. The smallest absolute Gasteiger partial charge is 0.303 e. The van der Waals surface area contributed by atoms with E-state index in [9.17, 15) is 4.79 Å². The molecule has 98 valence electrons. The number of likely N-dealkylation sites (tertiary alicyclic amines) is 1. The third-order valence-corrected chi connectivity index (χ3v) is 4.39. The van der Waals surface area contributed by atoms with E-state index in [0.29, 0.717) is 6.42 Å². The Morgan fingerprint density at radius 1 is 1.41 bits per heavy atom. The first-order valence-corrected chi connectivity index (χ1v) is 7.11. The van der Waals surface area contributed by atoms with E-state index in [0.717, 1.165) is 25.4 Å². The Labute approximate surface area is 104 Å². The lowest BCUT2D eigenvalue weighted by Gasteiger charge is -2.38. The van der Waals surface area contributed by atoms with Crippen molar-refractivity contribution < 1.29 is 9.90 Å². The third kappa shape index (κ3) is 3.44. The van der Waals surface area contributed by atoms with E-state index in [2.05, 4.69) is 11.8 Å². The second-order valence-electron chi connectivity index (χ2n) is 5.98. The molecule has 0 aromatic rings. The molecule has 17 heavy (non-hydrogen) atoms. The average Bonchev–Trinajstić information content (AvgIpc) is 3.00. The van der Waals surface area contributed by atoms with E-state index < -0.39 is 5.97 Å². The number of hydrogen-bond acceptors (Lipinski definition) is 2. The molecule has 0 spiro atoms. The highest BCUT2D eigenvalue weighted by atomic mass is 16.4. The largest absolute Gasteiger partial charge is 0.481 e. The van der Waals surface area contributed by atoms with E-state index in [4.69, 9.17) is 5.11 Å². The summed E-state index contributed by atoms with van der Waals surface area (Å²) < 4.78 is 0. The van der Waals surface area contributed by atoms with Crippen molar-refractivity contribution in [3.63, 3.8) is 0 Å². The second kappa shape index (κ2) is 5.38. The normalized spacial score (nSPS) is 27.9. The van der Waals surface area contributed by atoms with Gasteiger partial charge >= 0.3 is 5.97 Å². The van der Waals surface area contributed by atoms with Gasteiger partial charge in [0, 0.05) is 12.6 Å². The molecule has 1 aliphatic heterocycles. The standard InChI is InChI=1S/C14H25NO2/c1-2-5-12-6-3-4-9-15(12)11-14(7-8-14)10-13(16)17/h12H,2-11H2,1H3,(H,16,17). The maximum atomic E-state index is 10.9. The Bertz CT molecular complexity index is 271. The molecule has 0 bridgehead atoms. The number of nitrogens with zero attached hydrogens (tertiary/aromatic N) is 1. The van der Waals surface area contributed by atoms with Crippen LogP contribution in [0.15, 0.2) is 0 Å². The molecule has 2 aliphatic rings. The average molecular weight is 239 g/mol. The zero-order valence-corrected chi connectivity index (χ0v) is 11.0. The van der Waals surface area contributed by atoms with E-state index in [1.54, 1.807) is 0 Å². The first-order chi connectivity index (χ1) is 8.15. The predicted molar refractivity (Wildman–Crippen MR) is 68.0 cm³/mol. The Morgan fingerprint density at radius 2 is 2.18 bits per heavy atom. The minimum absolute atomic E-state index is 0.134. The molecule has 1 atom stereocenters. The van der Waals surface area contributed by atoms with Crippen LogP contribution in [-0.2, 0) is 4.79 Å². The van der Waals surface area contributed by atoms with Crippen molar-refractivity contribution in [2.75, 3.05) is 13.1 Å². The van der Waals surface area contributed by atoms with Crippen molar-refractivity contribution in [2.45, 2.75) is 64.3 Å². The highest BCUT2D eigenvalue weighted by molar-refractivity contribution is 5.68. The number of carboxylic acid groups (broad SMARTS) is 1. The van der Waals surface area contributed by atoms with Crippen LogP contribution in [0, 0.1) is 5.41 Å². The molecule has 1 heterocycles. The fraction of sp³-hybridized carbons (Fsp3) is 0.929. The molecular formula is C14H25NO2. The van der Waals surface area contributed by atoms with E-state index in [1.807, 2.05) is 0 Å². The molecule has 2 fully saturated rings. The number of carboxylic acids is 1. The number of piperidine rings is 1. The van der Waals surface area contributed by atoms with Crippen LogP contribution >= 0.6 is 0 Å². The van der Waals surface area contributed by atoms with E-state index in [1.165, 1.54) is 38.6 Å². The molecule has 1 unspecified atom stereocenters. The number of hydrogen-bond donors (Lipinski definition) is 1. The summed E-state index contributed by atoms with van der Waals surface area (Å²) in [6, 6.07) is 0.722. The molecule has 0 aromatic heterocycles. The maximum absolute atomic E-state index is 10.9. The highest BCUT2D eigenvalue weighted by Gasteiger charge is 2.46. The summed E-state index contributed by atoms with van der Waals surface area (Å²) in [4.78, 5) is 13.5. The van der Waals surface area contributed by atoms with Gasteiger partial charge in [0.05, 0.1) is 6.42 Å². The van der Waals surface area contributed by atoms with E-state index in [-0.39, 0.29) is 5.41 Å². The molecule has 0 radical (unpaired) electrons. The summed E-state index contributed by atoms with van der Waals surface area (Å²) in [5.41, 5.74) is 0.134. The van der Waals surface area contributed by atoms with Crippen LogP contribution in [0.25, 0.3) is 0 Å². The zero-order chi connectivity index (χ0) is 12.3. The van der Waals surface area contributed by atoms with Gasteiger partial charge in [-0.2, -0.15) is 0 Å². The lowest BCUT2D eigenvalue weighted by atomic mass is 9.94. The lowest BCUT2D eigenvalue weighted by molar-refractivity contribution is -0.138.